The molecule has 0 bridgehead atoms. The van der Waals surface area contributed by atoms with Crippen LogP contribution in [0, 0.1) is 0 Å². The molecule has 0 spiro atoms. The van der Waals surface area contributed by atoms with Gasteiger partial charge in [0.1, 0.15) is 0 Å². The summed E-state index contributed by atoms with van der Waals surface area (Å²) in [5.41, 5.74) is 0.722. The van der Waals surface area contributed by atoms with Gasteiger partial charge >= 0.3 is 6.09 Å². The Morgan fingerprint density at radius 3 is 2.29 bits per heavy atom. The van der Waals surface area contributed by atoms with Crippen LogP contribution >= 0.6 is 11.6 Å². The largest absolute Gasteiger partial charge is 0.465 e. The van der Waals surface area contributed by atoms with E-state index < -0.39 is 17.1 Å². The number of rotatable bonds is 4. The van der Waals surface area contributed by atoms with Crippen molar-refractivity contribution in [2.45, 2.75) is 50.3 Å². The molecule has 0 saturated carbocycles. The van der Waals surface area contributed by atoms with Crippen LogP contribution in [0.3, 0.4) is 0 Å². The van der Waals surface area contributed by atoms with Gasteiger partial charge in [-0.1, -0.05) is 23.7 Å². The minimum Gasteiger partial charge on any atom is -0.465 e. The highest BCUT2D eigenvalue weighted by atomic mass is 35.5. The summed E-state index contributed by atoms with van der Waals surface area (Å²) in [4.78, 5) is 12.6. The third-order valence-electron chi connectivity index (χ3n) is 4.31. The van der Waals surface area contributed by atoms with Crippen LogP contribution in [0.1, 0.15) is 39.2 Å². The van der Waals surface area contributed by atoms with E-state index in [1.165, 1.54) is 4.90 Å². The van der Waals surface area contributed by atoms with E-state index in [1.54, 1.807) is 0 Å². The Balaban J connectivity index is 2.20. The maximum atomic E-state index is 12.6. The van der Waals surface area contributed by atoms with E-state index in [1.807, 2.05) is 45.0 Å². The van der Waals surface area contributed by atoms with Gasteiger partial charge < -0.3 is 10.0 Å². The van der Waals surface area contributed by atoms with E-state index in [-0.39, 0.29) is 10.3 Å². The van der Waals surface area contributed by atoms with Gasteiger partial charge in [-0.3, -0.25) is 0 Å². The molecule has 1 aromatic carbocycles. The normalized spacial score (nSPS) is 19.1. The van der Waals surface area contributed by atoms with Crippen molar-refractivity contribution in [2.75, 3.05) is 13.1 Å². The zero-order valence-electron chi connectivity index (χ0n) is 14.3. The number of hydrogen-bond donors (Lipinski definition) is 2. The predicted octanol–water partition coefficient (Wildman–Crippen LogP) is 3.45. The molecule has 134 valence electrons. The van der Waals surface area contributed by atoms with Crippen LogP contribution in [-0.4, -0.2) is 43.7 Å². The van der Waals surface area contributed by atoms with Crippen LogP contribution < -0.4 is 4.72 Å². The van der Waals surface area contributed by atoms with E-state index in [4.69, 9.17) is 11.6 Å². The molecule has 1 heterocycles. The third kappa shape index (κ3) is 4.94. The van der Waals surface area contributed by atoms with Gasteiger partial charge in [0.15, 0.2) is 0 Å². The molecule has 0 aromatic heterocycles. The summed E-state index contributed by atoms with van der Waals surface area (Å²) in [6.45, 7) is 6.67. The lowest BCUT2D eigenvalue weighted by Crippen LogP contribution is -2.57. The van der Waals surface area contributed by atoms with Crippen molar-refractivity contribution < 1.29 is 14.1 Å². The first-order chi connectivity index (χ1) is 11.1. The zero-order valence-corrected chi connectivity index (χ0v) is 15.9. The monoisotopic (exact) mass is 372 g/mol. The summed E-state index contributed by atoms with van der Waals surface area (Å²) >= 11 is 5.95. The number of piperidine rings is 1. The molecule has 2 rings (SSSR count). The van der Waals surface area contributed by atoms with E-state index >= 15 is 0 Å². The number of carboxylic acid groups (broad SMARTS) is 1. The SMILES string of the molecule is CC(C)(C)S(=O)NC1(Cc2ccc(Cl)cc2)CCN(C(=O)O)CC1. The summed E-state index contributed by atoms with van der Waals surface area (Å²) in [7, 11) is -1.22. The fourth-order valence-corrected chi connectivity index (χ4v) is 3.89. The Bertz CT molecular complexity index is 605. The maximum absolute atomic E-state index is 12.6. The van der Waals surface area contributed by atoms with Crippen LogP contribution in [0.5, 0.6) is 0 Å². The summed E-state index contributed by atoms with van der Waals surface area (Å²) in [6, 6.07) is 7.63. The van der Waals surface area contributed by atoms with Gasteiger partial charge in [0.05, 0.1) is 15.7 Å². The highest BCUT2D eigenvalue weighted by Gasteiger charge is 2.39. The topological polar surface area (TPSA) is 69.6 Å². The fraction of sp³-hybridized carbons (Fsp3) is 0.588. The van der Waals surface area contributed by atoms with Crippen molar-refractivity contribution >= 4 is 28.7 Å². The average molecular weight is 373 g/mol. The van der Waals surface area contributed by atoms with Crippen LogP contribution in [0.15, 0.2) is 24.3 Å². The molecule has 2 N–H and O–H groups in total. The average Bonchev–Trinajstić information content (AvgIpc) is 2.49. The van der Waals surface area contributed by atoms with E-state index in [9.17, 15) is 14.1 Å². The van der Waals surface area contributed by atoms with Gasteiger partial charge in [-0.2, -0.15) is 0 Å². The molecule has 1 atom stereocenters. The Morgan fingerprint density at radius 2 is 1.83 bits per heavy atom. The van der Waals surface area contributed by atoms with E-state index in [0.717, 1.165) is 5.56 Å². The smallest absolute Gasteiger partial charge is 0.407 e. The Kier molecular flexibility index (Phi) is 5.94. The minimum atomic E-state index is -1.22. The van der Waals surface area contributed by atoms with Crippen molar-refractivity contribution in [3.8, 4) is 0 Å². The molecule has 1 aliphatic rings. The quantitative estimate of drug-likeness (QED) is 0.850. The van der Waals surface area contributed by atoms with Gasteiger partial charge in [-0.05, 0) is 57.7 Å². The number of hydrogen-bond acceptors (Lipinski definition) is 2. The molecule has 5 nitrogen and oxygen atoms in total. The maximum Gasteiger partial charge on any atom is 0.407 e. The first-order valence-electron chi connectivity index (χ1n) is 8.03. The lowest BCUT2D eigenvalue weighted by Gasteiger charge is -2.42. The lowest BCUT2D eigenvalue weighted by molar-refractivity contribution is 0.114. The molecular formula is C17H25ClN2O3S. The number of benzene rings is 1. The molecule has 1 saturated heterocycles. The highest BCUT2D eigenvalue weighted by Crippen LogP contribution is 2.29. The predicted molar refractivity (Wildman–Crippen MR) is 97.7 cm³/mol. The molecule has 1 amide bonds. The van der Waals surface area contributed by atoms with E-state index in [2.05, 4.69) is 4.72 Å². The fourth-order valence-electron chi connectivity index (χ4n) is 2.78. The number of carbonyl (C=O) groups is 1. The second-order valence-electron chi connectivity index (χ2n) is 7.34. The molecule has 1 fully saturated rings. The first-order valence-corrected chi connectivity index (χ1v) is 9.56. The van der Waals surface area contributed by atoms with Gasteiger partial charge in [0.25, 0.3) is 0 Å². The van der Waals surface area contributed by atoms with Crippen LogP contribution in [0.4, 0.5) is 4.79 Å². The van der Waals surface area contributed by atoms with Crippen molar-refractivity contribution in [1.29, 1.82) is 0 Å². The third-order valence-corrected chi connectivity index (χ3v) is 6.29. The van der Waals surface area contributed by atoms with Crippen molar-refractivity contribution in [1.82, 2.24) is 9.62 Å². The van der Waals surface area contributed by atoms with E-state index in [0.29, 0.717) is 37.4 Å². The minimum absolute atomic E-state index is 0.377. The van der Waals surface area contributed by atoms with Crippen LogP contribution in [0.2, 0.25) is 5.02 Å². The molecule has 7 heteroatoms. The molecule has 0 aliphatic carbocycles. The highest BCUT2D eigenvalue weighted by molar-refractivity contribution is 7.84. The summed E-state index contributed by atoms with van der Waals surface area (Å²) < 4.78 is 15.6. The van der Waals surface area contributed by atoms with Crippen molar-refractivity contribution in [3.05, 3.63) is 34.9 Å². The molecular weight excluding hydrogens is 348 g/mol. The second kappa shape index (κ2) is 7.42. The van der Waals surface area contributed by atoms with Gasteiger partial charge in [-0.15, -0.1) is 0 Å². The standard InChI is InChI=1S/C17H25ClN2O3S/c1-16(2,3)24(23)19-17(8-10-20(11-9-17)15(21)22)12-13-4-6-14(18)7-5-13/h4-7,19H,8-12H2,1-3H3,(H,21,22). The van der Waals surface area contributed by atoms with Crippen LogP contribution in [0.25, 0.3) is 0 Å². The Labute approximate surface area is 151 Å². The van der Waals surface area contributed by atoms with Crippen molar-refractivity contribution in [2.24, 2.45) is 0 Å². The number of likely N-dealkylation sites (tertiary alicyclic amines) is 1. The van der Waals surface area contributed by atoms with Crippen LogP contribution in [-0.2, 0) is 17.4 Å². The van der Waals surface area contributed by atoms with Gasteiger partial charge in [-0.25, -0.2) is 13.7 Å². The Hall–Kier alpha value is -1.11. The molecule has 0 radical (unpaired) electrons. The Morgan fingerprint density at radius 1 is 1.29 bits per heavy atom. The summed E-state index contributed by atoms with van der Waals surface area (Å²) in [5.74, 6) is 0. The number of nitrogens with one attached hydrogen (secondary N) is 1. The molecule has 1 aliphatic heterocycles. The van der Waals surface area contributed by atoms with Gasteiger partial charge in [0.2, 0.25) is 0 Å². The molecule has 1 unspecified atom stereocenters. The number of nitrogens with zero attached hydrogens (tertiary/aromatic N) is 1. The number of halogens is 1. The summed E-state index contributed by atoms with van der Waals surface area (Å²) in [6.07, 6.45) is 1.06. The van der Waals surface area contributed by atoms with Crippen molar-refractivity contribution in [3.63, 3.8) is 0 Å². The molecule has 1 aromatic rings. The second-order valence-corrected chi connectivity index (χ2v) is 9.74. The zero-order chi connectivity index (χ0) is 18.0. The molecule has 24 heavy (non-hydrogen) atoms. The number of amides is 1. The summed E-state index contributed by atoms with van der Waals surface area (Å²) in [5, 5.41) is 9.85. The lowest BCUT2D eigenvalue weighted by atomic mass is 9.83. The van der Waals surface area contributed by atoms with Gasteiger partial charge in [0, 0.05) is 23.7 Å². The first kappa shape index (κ1) is 19.2.